The molecule has 1 saturated heterocycles. The maximum Gasteiger partial charge on any atom is 0.243 e. The van der Waals surface area contributed by atoms with E-state index in [4.69, 9.17) is 9.47 Å². The van der Waals surface area contributed by atoms with Gasteiger partial charge in [-0.2, -0.15) is 4.31 Å². The highest BCUT2D eigenvalue weighted by molar-refractivity contribution is 7.89. The predicted octanol–water partition coefficient (Wildman–Crippen LogP) is 2.26. The van der Waals surface area contributed by atoms with Crippen LogP contribution in [0.5, 0.6) is 11.5 Å². The number of carbonyl (C=O) groups excluding carboxylic acids is 1. The van der Waals surface area contributed by atoms with Gasteiger partial charge in [0.05, 0.1) is 11.4 Å². The molecule has 3 aliphatic rings. The highest BCUT2D eigenvalue weighted by Crippen LogP contribution is 2.35. The monoisotopic (exact) mass is 485 g/mol. The van der Waals surface area contributed by atoms with Crippen molar-refractivity contribution < 1.29 is 22.7 Å². The van der Waals surface area contributed by atoms with E-state index in [1.54, 1.807) is 11.0 Å². The van der Waals surface area contributed by atoms with Crippen LogP contribution in [0.15, 0.2) is 41.3 Å². The van der Waals surface area contributed by atoms with Crippen molar-refractivity contribution in [3.8, 4) is 11.5 Å². The molecule has 182 valence electrons. The topological polar surface area (TPSA) is 88.2 Å². The first-order valence-electron chi connectivity index (χ1n) is 11.8. The molecular formula is C25H31N3O5S. The second kappa shape index (κ2) is 8.87. The van der Waals surface area contributed by atoms with Crippen LogP contribution in [-0.4, -0.2) is 63.0 Å². The zero-order chi connectivity index (χ0) is 23.9. The van der Waals surface area contributed by atoms with E-state index in [1.165, 1.54) is 9.87 Å². The summed E-state index contributed by atoms with van der Waals surface area (Å²) in [7, 11) is -3.55. The Kier molecular flexibility index (Phi) is 6.03. The van der Waals surface area contributed by atoms with E-state index in [1.807, 2.05) is 44.2 Å². The number of fused-ring (bicyclic) bond motifs is 2. The van der Waals surface area contributed by atoms with E-state index < -0.39 is 15.6 Å². The fourth-order valence-electron chi connectivity index (χ4n) is 4.83. The zero-order valence-corrected chi connectivity index (χ0v) is 20.5. The minimum Gasteiger partial charge on any atom is -0.454 e. The first kappa shape index (κ1) is 23.1. The van der Waals surface area contributed by atoms with E-state index in [0.717, 1.165) is 36.1 Å². The molecule has 0 radical (unpaired) electrons. The molecule has 8 nitrogen and oxygen atoms in total. The fourth-order valence-corrected chi connectivity index (χ4v) is 6.30. The molecule has 9 heteroatoms. The second-order valence-corrected chi connectivity index (χ2v) is 11.6. The van der Waals surface area contributed by atoms with Gasteiger partial charge in [-0.3, -0.25) is 10.1 Å². The van der Waals surface area contributed by atoms with Crippen LogP contribution in [-0.2, 0) is 33.2 Å². The van der Waals surface area contributed by atoms with Gasteiger partial charge >= 0.3 is 0 Å². The maximum absolute atomic E-state index is 13.1. The third kappa shape index (κ3) is 4.39. The standard InChI is InChI=1S/C25H31N3O5S/c1-25(2,20-7-9-22-23(15-20)33-17-32-22)26-16-24(29)27-10-12-28(13-11-27)34(30,31)21-8-6-18-4-3-5-19(18)14-21/h6-9,14-15,26H,3-5,10-13,16-17H2,1-2H3. The normalized spacial score (nSPS) is 18.2. The number of rotatable bonds is 6. The number of aryl methyl sites for hydroxylation is 2. The highest BCUT2D eigenvalue weighted by Gasteiger charge is 2.32. The van der Waals surface area contributed by atoms with E-state index >= 15 is 0 Å². The Hall–Kier alpha value is -2.62. The average molecular weight is 486 g/mol. The molecule has 1 amide bonds. The number of piperazine rings is 1. The molecule has 34 heavy (non-hydrogen) atoms. The smallest absolute Gasteiger partial charge is 0.243 e. The van der Waals surface area contributed by atoms with Crippen LogP contribution >= 0.6 is 0 Å². The third-order valence-corrected chi connectivity index (χ3v) is 8.97. The summed E-state index contributed by atoms with van der Waals surface area (Å²) in [5.74, 6) is 1.39. The summed E-state index contributed by atoms with van der Waals surface area (Å²) in [6.07, 6.45) is 3.05. The summed E-state index contributed by atoms with van der Waals surface area (Å²) in [6, 6.07) is 11.3. The van der Waals surface area contributed by atoms with Crippen molar-refractivity contribution >= 4 is 15.9 Å². The number of hydrogen-bond donors (Lipinski definition) is 1. The summed E-state index contributed by atoms with van der Waals surface area (Å²) in [5.41, 5.74) is 2.95. The Morgan fingerprint density at radius 2 is 1.71 bits per heavy atom. The SMILES string of the molecule is CC(C)(NCC(=O)N1CCN(S(=O)(=O)c2ccc3c(c2)CCC3)CC1)c1ccc2c(c1)OCO2. The van der Waals surface area contributed by atoms with E-state index in [9.17, 15) is 13.2 Å². The van der Waals surface area contributed by atoms with Crippen LogP contribution in [0.4, 0.5) is 0 Å². The van der Waals surface area contributed by atoms with Crippen molar-refractivity contribution in [1.82, 2.24) is 14.5 Å². The summed E-state index contributed by atoms with van der Waals surface area (Å²) in [4.78, 5) is 15.0. The van der Waals surface area contributed by atoms with Gasteiger partial charge in [-0.15, -0.1) is 0 Å². The third-order valence-electron chi connectivity index (χ3n) is 7.07. The minimum absolute atomic E-state index is 0.0385. The van der Waals surface area contributed by atoms with E-state index in [2.05, 4.69) is 5.32 Å². The molecule has 0 atom stereocenters. The van der Waals surface area contributed by atoms with Gasteiger partial charge in [-0.1, -0.05) is 12.1 Å². The van der Waals surface area contributed by atoms with Crippen molar-refractivity contribution in [3.05, 3.63) is 53.1 Å². The molecule has 2 aliphatic heterocycles. The first-order chi connectivity index (χ1) is 16.2. The summed E-state index contributed by atoms with van der Waals surface area (Å²) < 4.78 is 38.6. The Morgan fingerprint density at radius 1 is 0.971 bits per heavy atom. The summed E-state index contributed by atoms with van der Waals surface area (Å²) in [5, 5.41) is 3.34. The molecule has 2 heterocycles. The van der Waals surface area contributed by atoms with Crippen LogP contribution in [0.25, 0.3) is 0 Å². The van der Waals surface area contributed by atoms with Gasteiger partial charge < -0.3 is 14.4 Å². The van der Waals surface area contributed by atoms with Crippen molar-refractivity contribution in [3.63, 3.8) is 0 Å². The van der Waals surface area contributed by atoms with E-state index in [0.29, 0.717) is 36.8 Å². The lowest BCUT2D eigenvalue weighted by atomic mass is 9.94. The summed E-state index contributed by atoms with van der Waals surface area (Å²) >= 11 is 0. The Balaban J connectivity index is 1.17. The highest BCUT2D eigenvalue weighted by atomic mass is 32.2. The predicted molar refractivity (Wildman–Crippen MR) is 127 cm³/mol. The number of sulfonamides is 1. The molecule has 0 aromatic heterocycles. The van der Waals surface area contributed by atoms with Crippen LogP contribution in [0.1, 0.15) is 37.0 Å². The Bertz CT molecular complexity index is 1200. The molecular weight excluding hydrogens is 454 g/mol. The van der Waals surface area contributed by atoms with Crippen molar-refractivity contribution in [2.45, 2.75) is 43.5 Å². The van der Waals surface area contributed by atoms with Gasteiger partial charge in [-0.25, -0.2) is 8.42 Å². The molecule has 1 aliphatic carbocycles. The quantitative estimate of drug-likeness (QED) is 0.675. The zero-order valence-electron chi connectivity index (χ0n) is 19.7. The molecule has 5 rings (SSSR count). The van der Waals surface area contributed by atoms with Crippen molar-refractivity contribution in [2.75, 3.05) is 39.5 Å². The van der Waals surface area contributed by atoms with Gasteiger partial charge in [0.2, 0.25) is 22.7 Å². The van der Waals surface area contributed by atoms with Crippen LogP contribution in [0.2, 0.25) is 0 Å². The fraction of sp³-hybridized carbons (Fsp3) is 0.480. The van der Waals surface area contributed by atoms with Crippen LogP contribution < -0.4 is 14.8 Å². The van der Waals surface area contributed by atoms with Gasteiger partial charge in [-0.05, 0) is 74.1 Å². The molecule has 1 fully saturated rings. The number of nitrogens with one attached hydrogen (secondary N) is 1. The molecule has 0 spiro atoms. The first-order valence-corrected chi connectivity index (χ1v) is 13.2. The van der Waals surface area contributed by atoms with Gasteiger partial charge in [0.25, 0.3) is 0 Å². The second-order valence-electron chi connectivity index (χ2n) is 9.62. The van der Waals surface area contributed by atoms with Gasteiger partial charge in [0.1, 0.15) is 0 Å². The number of nitrogens with zero attached hydrogens (tertiary/aromatic N) is 2. The van der Waals surface area contributed by atoms with Crippen molar-refractivity contribution in [1.29, 1.82) is 0 Å². The lowest BCUT2D eigenvalue weighted by Gasteiger charge is -2.35. The number of ether oxygens (including phenoxy) is 2. The summed E-state index contributed by atoms with van der Waals surface area (Å²) in [6.45, 7) is 5.79. The van der Waals surface area contributed by atoms with E-state index in [-0.39, 0.29) is 19.2 Å². The number of amides is 1. The number of hydrogen-bond acceptors (Lipinski definition) is 6. The van der Waals surface area contributed by atoms with Crippen LogP contribution in [0.3, 0.4) is 0 Å². The molecule has 0 bridgehead atoms. The number of benzene rings is 2. The van der Waals surface area contributed by atoms with Crippen molar-refractivity contribution in [2.24, 2.45) is 0 Å². The molecule has 2 aromatic carbocycles. The van der Waals surface area contributed by atoms with Crippen LogP contribution in [0, 0.1) is 0 Å². The Labute approximate surface area is 200 Å². The molecule has 0 unspecified atom stereocenters. The number of carbonyl (C=O) groups is 1. The molecule has 1 N–H and O–H groups in total. The molecule has 0 saturated carbocycles. The Morgan fingerprint density at radius 3 is 2.50 bits per heavy atom. The minimum atomic E-state index is -3.55. The van der Waals surface area contributed by atoms with Gasteiger partial charge in [0, 0.05) is 31.7 Å². The van der Waals surface area contributed by atoms with Gasteiger partial charge in [0.15, 0.2) is 11.5 Å². The lowest BCUT2D eigenvalue weighted by molar-refractivity contribution is -0.131. The maximum atomic E-state index is 13.1. The lowest BCUT2D eigenvalue weighted by Crippen LogP contribution is -2.53. The molecule has 2 aromatic rings. The average Bonchev–Trinajstić information content (AvgIpc) is 3.51. The largest absolute Gasteiger partial charge is 0.454 e.